The fourth-order valence-corrected chi connectivity index (χ4v) is 3.71. The Morgan fingerprint density at radius 1 is 1.16 bits per heavy atom. The minimum absolute atomic E-state index is 0. The number of aliphatic imine (C=N–C) groups is 1. The van der Waals surface area contributed by atoms with Crippen molar-refractivity contribution in [3.05, 3.63) is 65.7 Å². The third-order valence-electron chi connectivity index (χ3n) is 5.36. The zero-order valence-electron chi connectivity index (χ0n) is 18.4. The summed E-state index contributed by atoms with van der Waals surface area (Å²) in [4.78, 5) is 20.3. The second-order valence-corrected chi connectivity index (χ2v) is 7.47. The summed E-state index contributed by atoms with van der Waals surface area (Å²) < 4.78 is 28.1. The van der Waals surface area contributed by atoms with Crippen LogP contribution in [0, 0.1) is 11.6 Å². The van der Waals surface area contributed by atoms with Crippen molar-refractivity contribution in [1.82, 2.24) is 15.5 Å². The fourth-order valence-electron chi connectivity index (χ4n) is 3.71. The van der Waals surface area contributed by atoms with Crippen molar-refractivity contribution in [2.75, 3.05) is 38.1 Å². The Bertz CT molecular complexity index is 892. The highest BCUT2D eigenvalue weighted by Gasteiger charge is 2.27. The minimum Gasteiger partial charge on any atom is -0.365 e. The predicted molar refractivity (Wildman–Crippen MR) is 134 cm³/mol. The molecule has 1 fully saturated rings. The van der Waals surface area contributed by atoms with Crippen LogP contribution < -0.4 is 15.5 Å². The maximum Gasteiger partial charge on any atom is 0.242 e. The van der Waals surface area contributed by atoms with E-state index in [2.05, 4.69) is 15.6 Å². The van der Waals surface area contributed by atoms with Gasteiger partial charge in [-0.25, -0.2) is 8.78 Å². The number of carbonyl (C=O) groups excluding carboxylic acids is 1. The molecule has 1 heterocycles. The Hall–Kier alpha value is -2.43. The Morgan fingerprint density at radius 2 is 1.84 bits per heavy atom. The molecule has 2 aromatic carbocycles. The average molecular weight is 557 g/mol. The average Bonchev–Trinajstić information content (AvgIpc) is 3.23. The van der Waals surface area contributed by atoms with E-state index in [1.165, 1.54) is 18.2 Å². The highest BCUT2D eigenvalue weighted by Crippen LogP contribution is 2.26. The lowest BCUT2D eigenvalue weighted by Gasteiger charge is -2.23. The van der Waals surface area contributed by atoms with Crippen LogP contribution in [-0.2, 0) is 11.3 Å². The van der Waals surface area contributed by atoms with Crippen LogP contribution in [-0.4, -0.2) is 56.0 Å². The van der Waals surface area contributed by atoms with Crippen LogP contribution in [0.1, 0.15) is 18.9 Å². The van der Waals surface area contributed by atoms with Crippen LogP contribution >= 0.6 is 24.0 Å². The summed E-state index contributed by atoms with van der Waals surface area (Å²) in [5, 5.41) is 6.30. The molecule has 0 aliphatic carbocycles. The van der Waals surface area contributed by atoms with Crippen LogP contribution in [0.3, 0.4) is 0 Å². The summed E-state index contributed by atoms with van der Waals surface area (Å²) in [6.45, 7) is 4.19. The Morgan fingerprint density at radius 3 is 2.47 bits per heavy atom. The van der Waals surface area contributed by atoms with Crippen molar-refractivity contribution in [2.24, 2.45) is 4.99 Å². The fraction of sp³-hybridized carbons (Fsp3) is 0.391. The molecule has 0 spiro atoms. The van der Waals surface area contributed by atoms with Gasteiger partial charge in [-0.15, -0.1) is 24.0 Å². The molecule has 2 N–H and O–H groups in total. The van der Waals surface area contributed by atoms with Gasteiger partial charge in [-0.2, -0.15) is 0 Å². The lowest BCUT2D eigenvalue weighted by molar-refractivity contribution is -0.130. The van der Waals surface area contributed by atoms with E-state index in [1.54, 1.807) is 16.8 Å². The highest BCUT2D eigenvalue weighted by molar-refractivity contribution is 14.0. The molecule has 1 atom stereocenters. The van der Waals surface area contributed by atoms with Gasteiger partial charge in [0.15, 0.2) is 5.96 Å². The molecule has 0 bridgehead atoms. The molecule has 174 valence electrons. The first-order chi connectivity index (χ1) is 15.0. The number of rotatable bonds is 7. The Kier molecular flexibility index (Phi) is 10.1. The van der Waals surface area contributed by atoms with E-state index in [4.69, 9.17) is 0 Å². The maximum atomic E-state index is 14.1. The second kappa shape index (κ2) is 12.6. The van der Waals surface area contributed by atoms with Crippen molar-refractivity contribution in [1.29, 1.82) is 0 Å². The second-order valence-electron chi connectivity index (χ2n) is 7.47. The highest BCUT2D eigenvalue weighted by atomic mass is 127. The van der Waals surface area contributed by atoms with Crippen molar-refractivity contribution in [3.8, 4) is 0 Å². The van der Waals surface area contributed by atoms with E-state index in [0.29, 0.717) is 38.6 Å². The van der Waals surface area contributed by atoms with Gasteiger partial charge in [0.25, 0.3) is 0 Å². The number of halogens is 3. The summed E-state index contributed by atoms with van der Waals surface area (Å²) in [5.74, 6) is -0.667. The number of amides is 1. The van der Waals surface area contributed by atoms with Gasteiger partial charge in [-0.1, -0.05) is 36.4 Å². The Labute approximate surface area is 205 Å². The number of benzene rings is 2. The van der Waals surface area contributed by atoms with Crippen LogP contribution in [0.2, 0.25) is 0 Å². The van der Waals surface area contributed by atoms with Gasteiger partial charge < -0.3 is 20.4 Å². The molecular formula is C23H30F2IN5O. The minimum atomic E-state index is -0.563. The summed E-state index contributed by atoms with van der Waals surface area (Å²) in [6.07, 6.45) is 0.706. The van der Waals surface area contributed by atoms with Crippen LogP contribution in [0.15, 0.2) is 53.5 Å². The zero-order valence-corrected chi connectivity index (χ0v) is 20.7. The first-order valence-electron chi connectivity index (χ1n) is 10.5. The summed E-state index contributed by atoms with van der Waals surface area (Å²) in [7, 11) is 1.63. The van der Waals surface area contributed by atoms with Crippen LogP contribution in [0.4, 0.5) is 14.5 Å². The van der Waals surface area contributed by atoms with Gasteiger partial charge in [-0.05, 0) is 31.0 Å². The number of likely N-dealkylation sites (N-methyl/N-ethyl adjacent to an activating group) is 1. The number of hydrogen-bond donors (Lipinski definition) is 2. The molecule has 1 aliphatic heterocycles. The summed E-state index contributed by atoms with van der Waals surface area (Å²) in [6, 6.07) is 13.7. The van der Waals surface area contributed by atoms with Gasteiger partial charge in [-0.3, -0.25) is 9.79 Å². The number of nitrogens with one attached hydrogen (secondary N) is 2. The van der Waals surface area contributed by atoms with Crippen molar-refractivity contribution >= 4 is 41.5 Å². The monoisotopic (exact) mass is 557 g/mol. The molecule has 2 aromatic rings. The third kappa shape index (κ3) is 6.78. The predicted octanol–water partition coefficient (Wildman–Crippen LogP) is 3.38. The van der Waals surface area contributed by atoms with E-state index in [-0.39, 0.29) is 48.2 Å². The van der Waals surface area contributed by atoms with Crippen LogP contribution in [0.25, 0.3) is 0 Å². The maximum absolute atomic E-state index is 14.1. The number of nitrogens with zero attached hydrogens (tertiary/aromatic N) is 3. The number of guanidine groups is 1. The number of anilines is 1. The first kappa shape index (κ1) is 25.8. The number of hydrogen-bond acceptors (Lipinski definition) is 3. The van der Waals surface area contributed by atoms with E-state index in [1.807, 2.05) is 37.3 Å². The van der Waals surface area contributed by atoms with Gasteiger partial charge in [0.2, 0.25) is 5.91 Å². The number of para-hydroxylation sites is 1. The van der Waals surface area contributed by atoms with E-state index in [9.17, 15) is 13.6 Å². The Balaban J connectivity index is 0.00000363. The first-order valence-corrected chi connectivity index (χ1v) is 10.5. The molecule has 6 nitrogen and oxygen atoms in total. The largest absolute Gasteiger partial charge is 0.365 e. The smallest absolute Gasteiger partial charge is 0.242 e. The van der Waals surface area contributed by atoms with Crippen molar-refractivity contribution in [2.45, 2.75) is 25.9 Å². The molecule has 0 radical (unpaired) electrons. The van der Waals surface area contributed by atoms with E-state index >= 15 is 0 Å². The quantitative estimate of drug-likeness (QED) is 0.312. The standard InChI is InChI=1S/C23H29F2N5O.HI/c1-3-29(15-17-8-5-4-6-9-17)21(31)14-27-23(26-2)28-18-12-13-30(16-18)22-19(24)10-7-11-20(22)25;/h4-11,18H,3,12-16H2,1-2H3,(H2,26,27,28);1H. The summed E-state index contributed by atoms with van der Waals surface area (Å²) in [5.41, 5.74) is 1.08. The normalized spacial score (nSPS) is 15.8. The molecule has 9 heteroatoms. The lowest BCUT2D eigenvalue weighted by atomic mass is 10.2. The van der Waals surface area contributed by atoms with Gasteiger partial charge >= 0.3 is 0 Å². The molecule has 3 rings (SSSR count). The molecular weight excluding hydrogens is 527 g/mol. The van der Waals surface area contributed by atoms with Crippen LogP contribution in [0.5, 0.6) is 0 Å². The third-order valence-corrected chi connectivity index (χ3v) is 5.36. The van der Waals surface area contributed by atoms with Crippen molar-refractivity contribution in [3.63, 3.8) is 0 Å². The SMILES string of the molecule is CCN(Cc1ccccc1)C(=O)CNC(=NC)NC1CCN(c2c(F)cccc2F)C1.I. The van der Waals surface area contributed by atoms with Gasteiger partial charge in [0.05, 0.1) is 6.54 Å². The molecule has 1 unspecified atom stereocenters. The zero-order chi connectivity index (χ0) is 22.2. The molecule has 1 saturated heterocycles. The number of carbonyl (C=O) groups is 1. The van der Waals surface area contributed by atoms with Crippen molar-refractivity contribution < 1.29 is 13.6 Å². The summed E-state index contributed by atoms with van der Waals surface area (Å²) >= 11 is 0. The van der Waals surface area contributed by atoms with Gasteiger partial charge in [0.1, 0.15) is 17.3 Å². The molecule has 1 amide bonds. The van der Waals surface area contributed by atoms with E-state index in [0.717, 1.165) is 5.56 Å². The molecule has 0 aromatic heterocycles. The lowest BCUT2D eigenvalue weighted by Crippen LogP contribution is -2.48. The topological polar surface area (TPSA) is 60.0 Å². The molecule has 32 heavy (non-hydrogen) atoms. The van der Waals surface area contributed by atoms with Gasteiger partial charge in [0, 0.05) is 39.3 Å². The van der Waals surface area contributed by atoms with E-state index < -0.39 is 11.6 Å². The molecule has 0 saturated carbocycles. The molecule has 1 aliphatic rings.